The standard InChI is InChI=1S/C18H19N3O2/c1-20(2)15-10-8-14(9-11-15)17-16(12-21(19-17)18(22)23)13-6-4-3-5-7-13/h3-11,16H,12H2,1-2H3,(H,22,23). The Morgan fingerprint density at radius 3 is 2.35 bits per heavy atom. The molecule has 5 heteroatoms. The maximum Gasteiger partial charge on any atom is 0.427 e. The van der Waals surface area contributed by atoms with Gasteiger partial charge in [0, 0.05) is 25.7 Å². The van der Waals surface area contributed by atoms with Crippen molar-refractivity contribution in [3.05, 3.63) is 65.7 Å². The molecule has 1 heterocycles. The van der Waals surface area contributed by atoms with Gasteiger partial charge in [0.1, 0.15) is 0 Å². The topological polar surface area (TPSA) is 56.1 Å². The summed E-state index contributed by atoms with van der Waals surface area (Å²) in [5, 5.41) is 14.7. The van der Waals surface area contributed by atoms with Gasteiger partial charge in [-0.3, -0.25) is 0 Å². The van der Waals surface area contributed by atoms with E-state index in [1.807, 2.05) is 73.6 Å². The third kappa shape index (κ3) is 3.04. The summed E-state index contributed by atoms with van der Waals surface area (Å²) in [6.07, 6.45) is -1.02. The molecule has 2 aromatic carbocycles. The molecule has 1 unspecified atom stereocenters. The molecule has 0 aliphatic carbocycles. The van der Waals surface area contributed by atoms with Crippen molar-refractivity contribution >= 4 is 17.5 Å². The van der Waals surface area contributed by atoms with E-state index in [0.29, 0.717) is 6.54 Å². The Bertz CT molecular complexity index is 724. The first kappa shape index (κ1) is 15.1. The van der Waals surface area contributed by atoms with Gasteiger partial charge >= 0.3 is 6.09 Å². The first-order valence-corrected chi connectivity index (χ1v) is 7.48. The van der Waals surface area contributed by atoms with Gasteiger partial charge in [0.15, 0.2) is 0 Å². The quantitative estimate of drug-likeness (QED) is 0.947. The van der Waals surface area contributed by atoms with Gasteiger partial charge in [-0.25, -0.2) is 4.79 Å². The molecule has 3 rings (SSSR count). The second kappa shape index (κ2) is 6.12. The minimum Gasteiger partial charge on any atom is -0.464 e. The Morgan fingerprint density at radius 2 is 1.78 bits per heavy atom. The van der Waals surface area contributed by atoms with Crippen LogP contribution in [-0.4, -0.2) is 42.6 Å². The lowest BCUT2D eigenvalue weighted by molar-refractivity contribution is 0.151. The molecule has 1 atom stereocenters. The number of hydrazone groups is 1. The third-order valence-electron chi connectivity index (χ3n) is 4.02. The number of hydrogen-bond acceptors (Lipinski definition) is 3. The minimum atomic E-state index is -1.02. The van der Waals surface area contributed by atoms with E-state index in [0.717, 1.165) is 27.5 Å². The zero-order valence-corrected chi connectivity index (χ0v) is 13.2. The van der Waals surface area contributed by atoms with Crippen molar-refractivity contribution in [2.24, 2.45) is 5.10 Å². The summed E-state index contributed by atoms with van der Waals surface area (Å²) in [7, 11) is 3.97. The number of hydrogen-bond donors (Lipinski definition) is 1. The monoisotopic (exact) mass is 309 g/mol. The molecule has 0 saturated heterocycles. The molecule has 5 nitrogen and oxygen atoms in total. The molecule has 0 spiro atoms. The summed E-state index contributed by atoms with van der Waals surface area (Å²) < 4.78 is 0. The Hall–Kier alpha value is -2.82. The van der Waals surface area contributed by atoms with Gasteiger partial charge < -0.3 is 10.0 Å². The summed E-state index contributed by atoms with van der Waals surface area (Å²) in [6, 6.07) is 17.9. The van der Waals surface area contributed by atoms with Crippen molar-refractivity contribution in [2.75, 3.05) is 25.5 Å². The Labute approximate surface area is 135 Å². The van der Waals surface area contributed by atoms with E-state index in [-0.39, 0.29) is 5.92 Å². The number of nitrogens with zero attached hydrogens (tertiary/aromatic N) is 3. The lowest BCUT2D eigenvalue weighted by atomic mass is 9.90. The van der Waals surface area contributed by atoms with E-state index < -0.39 is 6.09 Å². The molecule has 2 aromatic rings. The number of benzene rings is 2. The van der Waals surface area contributed by atoms with Crippen molar-refractivity contribution in [2.45, 2.75) is 5.92 Å². The number of amides is 1. The van der Waals surface area contributed by atoms with Gasteiger partial charge in [0.25, 0.3) is 0 Å². The molecule has 118 valence electrons. The average molecular weight is 309 g/mol. The summed E-state index contributed by atoms with van der Waals surface area (Å²) in [5.74, 6) is -0.0440. The van der Waals surface area contributed by atoms with E-state index in [1.165, 1.54) is 0 Å². The lowest BCUT2D eigenvalue weighted by Gasteiger charge is -2.15. The molecule has 1 aliphatic heterocycles. The number of carbonyl (C=O) groups is 1. The van der Waals surface area contributed by atoms with Crippen molar-refractivity contribution < 1.29 is 9.90 Å². The van der Waals surface area contributed by atoms with E-state index >= 15 is 0 Å². The normalized spacial score (nSPS) is 17.0. The molecule has 0 fully saturated rings. The Balaban J connectivity index is 1.98. The van der Waals surface area contributed by atoms with Crippen molar-refractivity contribution in [1.82, 2.24) is 5.01 Å². The van der Waals surface area contributed by atoms with Crippen LogP contribution in [0.3, 0.4) is 0 Å². The fourth-order valence-electron chi connectivity index (χ4n) is 2.76. The minimum absolute atomic E-state index is 0.0440. The summed E-state index contributed by atoms with van der Waals surface area (Å²) >= 11 is 0. The largest absolute Gasteiger partial charge is 0.464 e. The van der Waals surface area contributed by atoms with E-state index in [9.17, 15) is 9.90 Å². The second-order valence-corrected chi connectivity index (χ2v) is 5.75. The summed E-state index contributed by atoms with van der Waals surface area (Å²) in [4.78, 5) is 13.3. The maximum absolute atomic E-state index is 11.3. The molecular weight excluding hydrogens is 290 g/mol. The summed E-state index contributed by atoms with van der Waals surface area (Å²) in [6.45, 7) is 0.351. The highest BCUT2D eigenvalue weighted by Gasteiger charge is 2.32. The van der Waals surface area contributed by atoms with Crippen LogP contribution < -0.4 is 4.90 Å². The van der Waals surface area contributed by atoms with Gasteiger partial charge in [0.05, 0.1) is 12.3 Å². The number of carboxylic acid groups (broad SMARTS) is 1. The van der Waals surface area contributed by atoms with Gasteiger partial charge in [0.2, 0.25) is 0 Å². The summed E-state index contributed by atoms with van der Waals surface area (Å²) in [5.41, 5.74) is 3.92. The molecule has 0 bridgehead atoms. The fraction of sp³-hybridized carbons (Fsp3) is 0.222. The smallest absolute Gasteiger partial charge is 0.427 e. The zero-order chi connectivity index (χ0) is 16.4. The molecule has 1 aliphatic rings. The first-order valence-electron chi connectivity index (χ1n) is 7.48. The molecular formula is C18H19N3O2. The highest BCUT2D eigenvalue weighted by atomic mass is 16.4. The van der Waals surface area contributed by atoms with E-state index in [2.05, 4.69) is 5.10 Å². The van der Waals surface area contributed by atoms with Crippen LogP contribution in [-0.2, 0) is 0 Å². The maximum atomic E-state index is 11.3. The fourth-order valence-corrected chi connectivity index (χ4v) is 2.76. The van der Waals surface area contributed by atoms with Crippen LogP contribution in [0.1, 0.15) is 17.0 Å². The molecule has 0 saturated carbocycles. The highest BCUT2D eigenvalue weighted by molar-refractivity contribution is 6.07. The predicted octanol–water partition coefficient (Wildman–Crippen LogP) is 3.23. The van der Waals surface area contributed by atoms with Crippen LogP contribution in [0.15, 0.2) is 59.7 Å². The highest BCUT2D eigenvalue weighted by Crippen LogP contribution is 2.29. The first-order chi connectivity index (χ1) is 11.1. The number of anilines is 1. The Kier molecular flexibility index (Phi) is 4.02. The van der Waals surface area contributed by atoms with Crippen molar-refractivity contribution in [1.29, 1.82) is 0 Å². The van der Waals surface area contributed by atoms with Crippen molar-refractivity contribution in [3.63, 3.8) is 0 Å². The second-order valence-electron chi connectivity index (χ2n) is 5.75. The van der Waals surface area contributed by atoms with Crippen LogP contribution in [0.4, 0.5) is 10.5 Å². The third-order valence-corrected chi connectivity index (χ3v) is 4.02. The van der Waals surface area contributed by atoms with E-state index in [4.69, 9.17) is 0 Å². The molecule has 0 aromatic heterocycles. The molecule has 1 N–H and O–H groups in total. The molecule has 0 radical (unpaired) electrons. The van der Waals surface area contributed by atoms with Crippen LogP contribution in [0, 0.1) is 0 Å². The van der Waals surface area contributed by atoms with Crippen molar-refractivity contribution in [3.8, 4) is 0 Å². The van der Waals surface area contributed by atoms with E-state index in [1.54, 1.807) is 0 Å². The van der Waals surface area contributed by atoms with Crippen LogP contribution in [0.25, 0.3) is 0 Å². The number of rotatable bonds is 3. The zero-order valence-electron chi connectivity index (χ0n) is 13.2. The van der Waals surface area contributed by atoms with Gasteiger partial charge in [-0.15, -0.1) is 0 Å². The van der Waals surface area contributed by atoms with Gasteiger partial charge in [-0.05, 0) is 23.3 Å². The SMILES string of the molecule is CN(C)c1ccc(C2=NN(C(=O)O)CC2c2ccccc2)cc1. The lowest BCUT2D eigenvalue weighted by Crippen LogP contribution is -2.23. The average Bonchev–Trinajstić information content (AvgIpc) is 3.01. The van der Waals surface area contributed by atoms with Gasteiger partial charge in [-0.2, -0.15) is 10.1 Å². The predicted molar refractivity (Wildman–Crippen MR) is 91.2 cm³/mol. The van der Waals surface area contributed by atoms with Crippen LogP contribution in [0.2, 0.25) is 0 Å². The van der Waals surface area contributed by atoms with Crippen LogP contribution >= 0.6 is 0 Å². The van der Waals surface area contributed by atoms with Crippen LogP contribution in [0.5, 0.6) is 0 Å². The molecule has 23 heavy (non-hydrogen) atoms. The van der Waals surface area contributed by atoms with Gasteiger partial charge in [-0.1, -0.05) is 42.5 Å². The molecule has 1 amide bonds. The Morgan fingerprint density at radius 1 is 1.13 bits per heavy atom.